The van der Waals surface area contributed by atoms with Crippen LogP contribution in [0.15, 0.2) is 54.6 Å². The molecule has 5 N–H and O–H groups in total. The maximum atomic E-state index is 10.9. The summed E-state index contributed by atoms with van der Waals surface area (Å²) in [4.78, 5) is 10.9. The first-order valence-electron chi connectivity index (χ1n) is 4.72. The Bertz CT molecular complexity index is 463. The lowest BCUT2D eigenvalue weighted by atomic mass is 10.0. The molecule has 0 saturated heterocycles. The smallest absolute Gasteiger partial charge is 0.248 e. The van der Waals surface area contributed by atoms with Crippen LogP contribution < -0.4 is 11.9 Å². The second-order valence-corrected chi connectivity index (χ2v) is 3.31. The van der Waals surface area contributed by atoms with E-state index in [1.54, 1.807) is 12.1 Å². The minimum Gasteiger partial charge on any atom is -0.366 e. The van der Waals surface area contributed by atoms with Gasteiger partial charge in [0.25, 0.3) is 0 Å². The molecule has 82 valence electrons. The Labute approximate surface area is 94.5 Å². The normalized spacial score (nSPS) is 9.25. The van der Waals surface area contributed by atoms with Crippen molar-refractivity contribution in [2.45, 2.75) is 0 Å². The van der Waals surface area contributed by atoms with Gasteiger partial charge in [-0.3, -0.25) is 4.79 Å². The minimum absolute atomic E-state index is 0. The maximum Gasteiger partial charge on any atom is 0.248 e. The van der Waals surface area contributed by atoms with Crippen molar-refractivity contribution in [2.75, 3.05) is 0 Å². The molecule has 0 fully saturated rings. The molecule has 16 heavy (non-hydrogen) atoms. The van der Waals surface area contributed by atoms with Gasteiger partial charge in [0, 0.05) is 5.56 Å². The SMILES string of the molecule is N.NC(=O)c1ccc(-c2ccccc2)cc1. The van der Waals surface area contributed by atoms with Crippen LogP contribution in [-0.4, -0.2) is 5.91 Å². The molecule has 0 aliphatic heterocycles. The van der Waals surface area contributed by atoms with Crippen LogP contribution in [0.3, 0.4) is 0 Å². The average molecular weight is 214 g/mol. The molecule has 0 heterocycles. The van der Waals surface area contributed by atoms with E-state index in [2.05, 4.69) is 0 Å². The van der Waals surface area contributed by atoms with Crippen molar-refractivity contribution in [1.82, 2.24) is 6.15 Å². The average Bonchev–Trinajstić information content (AvgIpc) is 2.30. The quantitative estimate of drug-likeness (QED) is 0.805. The second-order valence-electron chi connectivity index (χ2n) is 3.31. The van der Waals surface area contributed by atoms with Crippen LogP contribution in [-0.2, 0) is 0 Å². The highest BCUT2D eigenvalue weighted by Crippen LogP contribution is 2.18. The lowest BCUT2D eigenvalue weighted by Crippen LogP contribution is -2.10. The molecule has 2 rings (SSSR count). The molecule has 0 bridgehead atoms. The van der Waals surface area contributed by atoms with E-state index < -0.39 is 5.91 Å². The van der Waals surface area contributed by atoms with E-state index in [1.165, 1.54) is 0 Å². The number of primary amides is 1. The maximum absolute atomic E-state index is 10.9. The Morgan fingerprint density at radius 2 is 1.31 bits per heavy atom. The van der Waals surface area contributed by atoms with Crippen molar-refractivity contribution >= 4 is 5.91 Å². The Morgan fingerprint density at radius 1 is 0.812 bits per heavy atom. The van der Waals surface area contributed by atoms with Gasteiger partial charge in [-0.05, 0) is 23.3 Å². The second kappa shape index (κ2) is 5.09. The van der Waals surface area contributed by atoms with Gasteiger partial charge < -0.3 is 11.9 Å². The van der Waals surface area contributed by atoms with Gasteiger partial charge in [0.15, 0.2) is 0 Å². The molecule has 0 aromatic heterocycles. The molecule has 0 atom stereocenters. The highest BCUT2D eigenvalue weighted by molar-refractivity contribution is 5.93. The number of benzene rings is 2. The third-order valence-corrected chi connectivity index (χ3v) is 2.28. The third kappa shape index (κ3) is 2.46. The standard InChI is InChI=1S/C13H11NO.H3N/c14-13(15)12-8-6-11(7-9-12)10-4-2-1-3-5-10;/h1-9H,(H2,14,15);1H3. The zero-order valence-corrected chi connectivity index (χ0v) is 8.89. The van der Waals surface area contributed by atoms with E-state index in [0.717, 1.165) is 11.1 Å². The fourth-order valence-electron chi connectivity index (χ4n) is 1.46. The van der Waals surface area contributed by atoms with Gasteiger partial charge in [-0.2, -0.15) is 0 Å². The summed E-state index contributed by atoms with van der Waals surface area (Å²) in [5.74, 6) is -0.394. The van der Waals surface area contributed by atoms with Crippen molar-refractivity contribution in [1.29, 1.82) is 0 Å². The van der Waals surface area contributed by atoms with Crippen LogP contribution in [0.2, 0.25) is 0 Å². The Hall–Kier alpha value is -2.13. The molecule has 0 unspecified atom stereocenters. The summed E-state index contributed by atoms with van der Waals surface area (Å²) < 4.78 is 0. The Morgan fingerprint density at radius 3 is 1.81 bits per heavy atom. The minimum atomic E-state index is -0.394. The molecule has 2 aromatic rings. The molecule has 0 aliphatic carbocycles. The van der Waals surface area contributed by atoms with Crippen molar-refractivity contribution in [3.8, 4) is 11.1 Å². The topological polar surface area (TPSA) is 78.1 Å². The summed E-state index contributed by atoms with van der Waals surface area (Å²) in [6.45, 7) is 0. The van der Waals surface area contributed by atoms with E-state index in [0.29, 0.717) is 5.56 Å². The highest BCUT2D eigenvalue weighted by atomic mass is 16.1. The van der Waals surface area contributed by atoms with Crippen LogP contribution in [0.25, 0.3) is 11.1 Å². The summed E-state index contributed by atoms with van der Waals surface area (Å²) in [5.41, 5.74) is 7.92. The van der Waals surface area contributed by atoms with Gasteiger partial charge in [0.05, 0.1) is 0 Å². The summed E-state index contributed by atoms with van der Waals surface area (Å²) in [6.07, 6.45) is 0. The molecular weight excluding hydrogens is 200 g/mol. The molecule has 0 saturated carbocycles. The van der Waals surface area contributed by atoms with Crippen LogP contribution >= 0.6 is 0 Å². The number of amides is 1. The molecule has 3 heteroatoms. The monoisotopic (exact) mass is 214 g/mol. The fraction of sp³-hybridized carbons (Fsp3) is 0. The number of rotatable bonds is 2. The van der Waals surface area contributed by atoms with Crippen LogP contribution in [0.4, 0.5) is 0 Å². The van der Waals surface area contributed by atoms with Gasteiger partial charge in [0.1, 0.15) is 0 Å². The first-order valence-corrected chi connectivity index (χ1v) is 4.72. The predicted octanol–water partition coefficient (Wildman–Crippen LogP) is 2.61. The van der Waals surface area contributed by atoms with Gasteiger partial charge in [-0.15, -0.1) is 0 Å². The molecule has 3 nitrogen and oxygen atoms in total. The number of carbonyl (C=O) groups excluding carboxylic acids is 1. The van der Waals surface area contributed by atoms with E-state index in [4.69, 9.17) is 5.73 Å². The molecule has 1 amide bonds. The van der Waals surface area contributed by atoms with Crippen LogP contribution in [0.5, 0.6) is 0 Å². The van der Waals surface area contributed by atoms with Gasteiger partial charge in [-0.25, -0.2) is 0 Å². The summed E-state index contributed by atoms with van der Waals surface area (Å²) in [7, 11) is 0. The van der Waals surface area contributed by atoms with Crippen molar-refractivity contribution < 1.29 is 4.79 Å². The third-order valence-electron chi connectivity index (χ3n) is 2.28. The largest absolute Gasteiger partial charge is 0.366 e. The highest BCUT2D eigenvalue weighted by Gasteiger charge is 2.00. The van der Waals surface area contributed by atoms with Crippen molar-refractivity contribution in [2.24, 2.45) is 5.73 Å². The summed E-state index contributed by atoms with van der Waals surface area (Å²) >= 11 is 0. The first-order chi connectivity index (χ1) is 7.27. The van der Waals surface area contributed by atoms with Crippen molar-refractivity contribution in [3.63, 3.8) is 0 Å². The van der Waals surface area contributed by atoms with Crippen LogP contribution in [0, 0.1) is 0 Å². The van der Waals surface area contributed by atoms with Crippen LogP contribution in [0.1, 0.15) is 10.4 Å². The molecular formula is C13H14N2O. The van der Waals surface area contributed by atoms with Gasteiger partial charge in [-0.1, -0.05) is 42.5 Å². The van der Waals surface area contributed by atoms with Gasteiger partial charge >= 0.3 is 0 Å². The zero-order valence-electron chi connectivity index (χ0n) is 8.89. The van der Waals surface area contributed by atoms with E-state index >= 15 is 0 Å². The molecule has 2 aromatic carbocycles. The molecule has 0 radical (unpaired) electrons. The summed E-state index contributed by atoms with van der Waals surface area (Å²) in [6, 6.07) is 17.3. The molecule has 0 spiro atoms. The number of nitrogens with two attached hydrogens (primary N) is 1. The zero-order chi connectivity index (χ0) is 10.7. The Kier molecular flexibility index (Phi) is 3.80. The predicted molar refractivity (Wildman–Crippen MR) is 65.4 cm³/mol. The first kappa shape index (κ1) is 11.9. The van der Waals surface area contributed by atoms with Gasteiger partial charge in [0.2, 0.25) is 5.91 Å². The van der Waals surface area contributed by atoms with E-state index in [-0.39, 0.29) is 6.15 Å². The lowest BCUT2D eigenvalue weighted by molar-refractivity contribution is 0.100. The Balaban J connectivity index is 0.00000128. The number of carbonyl (C=O) groups is 1. The number of hydrogen-bond acceptors (Lipinski definition) is 2. The van der Waals surface area contributed by atoms with E-state index in [1.807, 2.05) is 42.5 Å². The lowest BCUT2D eigenvalue weighted by Gasteiger charge is -2.01. The number of hydrogen-bond donors (Lipinski definition) is 2. The fourth-order valence-corrected chi connectivity index (χ4v) is 1.46. The van der Waals surface area contributed by atoms with Crippen molar-refractivity contribution in [3.05, 3.63) is 60.2 Å². The molecule has 0 aliphatic rings. The van der Waals surface area contributed by atoms with E-state index in [9.17, 15) is 4.79 Å². The summed E-state index contributed by atoms with van der Waals surface area (Å²) in [5, 5.41) is 0.